The largest absolute Gasteiger partial charge is 0.357 e. The van der Waals surface area contributed by atoms with Crippen LogP contribution in [0.1, 0.15) is 30.9 Å². The number of carbonyl (C=O) groups is 2. The van der Waals surface area contributed by atoms with E-state index in [0.717, 1.165) is 17.4 Å². The predicted octanol–water partition coefficient (Wildman–Crippen LogP) is 4.01. The lowest BCUT2D eigenvalue weighted by molar-refractivity contribution is -0.140. The van der Waals surface area contributed by atoms with Gasteiger partial charge in [-0.15, -0.1) is 0 Å². The topological polar surface area (TPSA) is 86.8 Å². The van der Waals surface area contributed by atoms with Crippen molar-refractivity contribution in [1.29, 1.82) is 0 Å². The molecule has 1 N–H and O–H groups in total. The van der Waals surface area contributed by atoms with E-state index in [0.29, 0.717) is 15.7 Å². The second-order valence-corrected chi connectivity index (χ2v) is 10.5. The maximum Gasteiger partial charge on any atom is 0.242 e. The van der Waals surface area contributed by atoms with Crippen LogP contribution in [0.15, 0.2) is 42.5 Å². The van der Waals surface area contributed by atoms with Gasteiger partial charge in [-0.3, -0.25) is 13.9 Å². The van der Waals surface area contributed by atoms with E-state index >= 15 is 0 Å². The number of nitrogens with zero attached hydrogens (tertiary/aromatic N) is 2. The number of rotatable bonds is 10. The van der Waals surface area contributed by atoms with Crippen LogP contribution in [0.2, 0.25) is 10.0 Å². The number of amides is 2. The molecule has 0 fully saturated rings. The molecular weight excluding hydrogens is 485 g/mol. The minimum absolute atomic E-state index is 0.0530. The first-order valence-electron chi connectivity index (χ1n) is 10.4. The molecule has 180 valence electrons. The maximum absolute atomic E-state index is 13.1. The second kappa shape index (κ2) is 11.7. The smallest absolute Gasteiger partial charge is 0.242 e. The van der Waals surface area contributed by atoms with Gasteiger partial charge < -0.3 is 10.2 Å². The first-order valence-corrected chi connectivity index (χ1v) is 13.0. The Bertz CT molecular complexity index is 1110. The number of hydrogen-bond donors (Lipinski definition) is 1. The van der Waals surface area contributed by atoms with Gasteiger partial charge in [-0.2, -0.15) is 0 Å². The highest BCUT2D eigenvalue weighted by Crippen LogP contribution is 2.27. The summed E-state index contributed by atoms with van der Waals surface area (Å²) in [5.41, 5.74) is 1.95. The number of aryl methyl sites for hydroxylation is 1. The molecule has 0 aliphatic heterocycles. The fourth-order valence-electron chi connectivity index (χ4n) is 3.44. The first kappa shape index (κ1) is 27.0. The summed E-state index contributed by atoms with van der Waals surface area (Å²) in [6.07, 6.45) is 1.43. The molecule has 0 radical (unpaired) electrons. The second-order valence-electron chi connectivity index (χ2n) is 7.77. The van der Waals surface area contributed by atoms with Crippen molar-refractivity contribution >= 4 is 50.7 Å². The Balaban J connectivity index is 2.19. The summed E-state index contributed by atoms with van der Waals surface area (Å²) in [4.78, 5) is 26.8. The normalized spacial score (nSPS) is 12.2. The zero-order valence-corrected chi connectivity index (χ0v) is 21.5. The number of nitrogens with one attached hydrogen (secondary N) is 1. The zero-order chi connectivity index (χ0) is 24.8. The molecule has 0 saturated heterocycles. The minimum atomic E-state index is -3.60. The Labute approximate surface area is 205 Å². The van der Waals surface area contributed by atoms with Crippen LogP contribution >= 0.6 is 23.2 Å². The quantitative estimate of drug-likeness (QED) is 0.519. The number of anilines is 1. The third kappa shape index (κ3) is 7.35. The van der Waals surface area contributed by atoms with Crippen LogP contribution in [0, 0.1) is 6.92 Å². The number of carbonyl (C=O) groups excluding carboxylic acids is 2. The highest BCUT2D eigenvalue weighted by atomic mass is 35.5. The molecule has 33 heavy (non-hydrogen) atoms. The van der Waals surface area contributed by atoms with Crippen molar-refractivity contribution in [2.24, 2.45) is 0 Å². The van der Waals surface area contributed by atoms with Gasteiger partial charge in [0.1, 0.15) is 6.04 Å². The lowest BCUT2D eigenvalue weighted by Crippen LogP contribution is -2.46. The first-order chi connectivity index (χ1) is 15.5. The van der Waals surface area contributed by atoms with E-state index in [4.69, 9.17) is 23.2 Å². The van der Waals surface area contributed by atoms with E-state index in [-0.39, 0.29) is 37.7 Å². The third-order valence-corrected chi connectivity index (χ3v) is 7.09. The Morgan fingerprint density at radius 2 is 1.79 bits per heavy atom. The summed E-state index contributed by atoms with van der Waals surface area (Å²) in [5, 5.41) is 3.48. The van der Waals surface area contributed by atoms with Crippen molar-refractivity contribution in [2.75, 3.05) is 24.2 Å². The van der Waals surface area contributed by atoms with E-state index < -0.39 is 16.1 Å². The van der Waals surface area contributed by atoms with Crippen molar-refractivity contribution in [1.82, 2.24) is 10.2 Å². The average Bonchev–Trinajstić information content (AvgIpc) is 2.76. The van der Waals surface area contributed by atoms with E-state index in [1.165, 1.54) is 16.3 Å². The van der Waals surface area contributed by atoms with Gasteiger partial charge in [0.05, 0.1) is 11.9 Å². The van der Waals surface area contributed by atoms with Crippen LogP contribution in [-0.2, 0) is 26.2 Å². The highest BCUT2D eigenvalue weighted by Gasteiger charge is 2.26. The molecule has 0 saturated carbocycles. The lowest BCUT2D eigenvalue weighted by Gasteiger charge is -2.29. The van der Waals surface area contributed by atoms with Gasteiger partial charge in [0.2, 0.25) is 21.8 Å². The molecule has 0 unspecified atom stereocenters. The summed E-state index contributed by atoms with van der Waals surface area (Å²) >= 11 is 12.3. The summed E-state index contributed by atoms with van der Waals surface area (Å²) in [7, 11) is -2.09. The molecule has 0 heterocycles. The maximum atomic E-state index is 13.1. The molecule has 0 aliphatic rings. The van der Waals surface area contributed by atoms with Crippen LogP contribution in [0.3, 0.4) is 0 Å². The van der Waals surface area contributed by atoms with Crippen molar-refractivity contribution in [3.05, 3.63) is 63.6 Å². The molecule has 2 rings (SSSR count). The predicted molar refractivity (Wildman–Crippen MR) is 133 cm³/mol. The average molecular weight is 514 g/mol. The van der Waals surface area contributed by atoms with Gasteiger partial charge in [-0.25, -0.2) is 8.42 Å². The number of hydrogen-bond acceptors (Lipinski definition) is 4. The number of likely N-dealkylation sites (N-methyl/N-ethyl adjacent to an activating group) is 1. The molecule has 0 aliphatic carbocycles. The zero-order valence-electron chi connectivity index (χ0n) is 19.1. The molecule has 10 heteroatoms. The third-order valence-electron chi connectivity index (χ3n) is 5.30. The van der Waals surface area contributed by atoms with Gasteiger partial charge >= 0.3 is 0 Å². The number of halogens is 2. The van der Waals surface area contributed by atoms with Crippen LogP contribution in [0.25, 0.3) is 0 Å². The molecule has 7 nitrogen and oxygen atoms in total. The summed E-state index contributed by atoms with van der Waals surface area (Å²) < 4.78 is 26.1. The van der Waals surface area contributed by atoms with Crippen molar-refractivity contribution in [3.8, 4) is 0 Å². The molecule has 2 aromatic carbocycles. The van der Waals surface area contributed by atoms with E-state index in [9.17, 15) is 18.0 Å². The van der Waals surface area contributed by atoms with Crippen LogP contribution in [-0.4, -0.2) is 51.0 Å². The molecule has 0 spiro atoms. The van der Waals surface area contributed by atoms with Gasteiger partial charge in [0, 0.05) is 36.6 Å². The molecule has 2 amide bonds. The minimum Gasteiger partial charge on any atom is -0.357 e. The molecule has 0 bridgehead atoms. The Kier molecular flexibility index (Phi) is 9.57. The Morgan fingerprint density at radius 3 is 2.39 bits per heavy atom. The molecule has 0 aromatic heterocycles. The van der Waals surface area contributed by atoms with Crippen molar-refractivity contribution in [2.45, 2.75) is 39.3 Å². The van der Waals surface area contributed by atoms with Crippen LogP contribution in [0.5, 0.6) is 0 Å². The monoisotopic (exact) mass is 513 g/mol. The van der Waals surface area contributed by atoms with Gasteiger partial charge in [0.25, 0.3) is 0 Å². The Hall–Kier alpha value is -2.29. The summed E-state index contributed by atoms with van der Waals surface area (Å²) in [6, 6.07) is 11.4. The van der Waals surface area contributed by atoms with Crippen LogP contribution < -0.4 is 9.62 Å². The standard InChI is InChI=1S/C23H29Cl2N3O4S/c1-16-11-12-19(24)14-21(16)28(33(4,31)32)13-7-10-22(29)27(17(2)23(30)26-3)15-18-8-5-6-9-20(18)25/h5-6,8-9,11-12,14,17H,7,10,13,15H2,1-4H3,(H,26,30)/t17-/m0/s1. The number of benzene rings is 2. The van der Waals surface area contributed by atoms with Crippen molar-refractivity contribution in [3.63, 3.8) is 0 Å². The molecule has 2 aromatic rings. The van der Waals surface area contributed by atoms with Gasteiger partial charge in [-0.1, -0.05) is 47.5 Å². The molecule has 1 atom stereocenters. The summed E-state index contributed by atoms with van der Waals surface area (Å²) in [6.45, 7) is 3.70. The highest BCUT2D eigenvalue weighted by molar-refractivity contribution is 7.92. The Morgan fingerprint density at radius 1 is 1.12 bits per heavy atom. The van der Waals surface area contributed by atoms with E-state index in [1.54, 1.807) is 50.2 Å². The molecular formula is C23H29Cl2N3O4S. The van der Waals surface area contributed by atoms with Gasteiger partial charge in [-0.05, 0) is 49.6 Å². The fraction of sp³-hybridized carbons (Fsp3) is 0.391. The SMILES string of the molecule is CNC(=O)[C@H](C)N(Cc1ccccc1Cl)C(=O)CCCN(c1cc(Cl)ccc1C)S(C)(=O)=O. The summed E-state index contributed by atoms with van der Waals surface area (Å²) in [5.74, 6) is -0.579. The van der Waals surface area contributed by atoms with Crippen molar-refractivity contribution < 1.29 is 18.0 Å². The van der Waals surface area contributed by atoms with Crippen LogP contribution in [0.4, 0.5) is 5.69 Å². The van der Waals surface area contributed by atoms with E-state index in [1.807, 2.05) is 6.07 Å². The van der Waals surface area contributed by atoms with Gasteiger partial charge in [0.15, 0.2) is 0 Å². The lowest BCUT2D eigenvalue weighted by atomic mass is 10.1. The fourth-order valence-corrected chi connectivity index (χ4v) is 4.81. The number of sulfonamides is 1. The van der Waals surface area contributed by atoms with E-state index in [2.05, 4.69) is 5.32 Å².